The summed E-state index contributed by atoms with van der Waals surface area (Å²) in [6.07, 6.45) is 0.245. The summed E-state index contributed by atoms with van der Waals surface area (Å²) in [5.41, 5.74) is 0. The van der Waals surface area contributed by atoms with E-state index in [-0.39, 0.29) is 30.5 Å². The third-order valence-electron chi connectivity index (χ3n) is 4.11. The lowest BCUT2D eigenvalue weighted by atomic mass is 10.4. The lowest BCUT2D eigenvalue weighted by Gasteiger charge is -2.08. The quantitative estimate of drug-likeness (QED) is 0.111. The summed E-state index contributed by atoms with van der Waals surface area (Å²) in [5, 5.41) is 0. The Morgan fingerprint density at radius 3 is 1.46 bits per heavy atom. The van der Waals surface area contributed by atoms with Crippen LogP contribution in [0.25, 0.3) is 0 Å². The molecule has 0 aliphatic rings. The van der Waals surface area contributed by atoms with Crippen LogP contribution in [0, 0.1) is 0 Å². The number of ether oxygens (including phenoxy) is 7. The van der Waals surface area contributed by atoms with Crippen molar-refractivity contribution in [2.75, 3.05) is 92.5 Å². The fraction of sp³-hybridized carbons (Fsp3) is 0.696. The Hall–Kier alpha value is -1.64. The minimum Gasteiger partial charge on any atom is -0.466 e. The van der Waals surface area contributed by atoms with E-state index in [1.807, 2.05) is 0 Å². The highest BCUT2D eigenvalue weighted by Crippen LogP contribution is 2.10. The lowest BCUT2D eigenvalue weighted by Crippen LogP contribution is -2.15. The summed E-state index contributed by atoms with van der Waals surface area (Å²) in [6, 6.07) is 7.96. The predicted molar refractivity (Wildman–Crippen MR) is 126 cm³/mol. The molecule has 0 heterocycles. The second kappa shape index (κ2) is 21.6. The smallest absolute Gasteiger partial charge is 0.308 e. The number of hydrogen-bond donors (Lipinski definition) is 0. The van der Waals surface area contributed by atoms with Crippen molar-refractivity contribution >= 4 is 16.1 Å². The molecule has 12 heteroatoms. The first kappa shape index (κ1) is 31.4. The Labute approximate surface area is 208 Å². The van der Waals surface area contributed by atoms with Crippen LogP contribution in [0.15, 0.2) is 35.2 Å². The van der Waals surface area contributed by atoms with Crippen LogP contribution in [-0.4, -0.2) is 107 Å². The van der Waals surface area contributed by atoms with Crippen LogP contribution >= 0.6 is 0 Å². The van der Waals surface area contributed by atoms with Gasteiger partial charge in [0, 0.05) is 0 Å². The van der Waals surface area contributed by atoms with E-state index in [9.17, 15) is 13.2 Å². The van der Waals surface area contributed by atoms with Crippen molar-refractivity contribution in [1.82, 2.24) is 0 Å². The number of benzene rings is 1. The van der Waals surface area contributed by atoms with Crippen LogP contribution in [0.5, 0.6) is 0 Å². The maximum absolute atomic E-state index is 11.9. The standard InChI is InChI=1S/C23H38O11S/c1-2-33-23(24)8-9-27-10-11-28-12-13-29-14-15-30-16-17-31-18-19-32-20-21-34-35(25,26)22-6-4-3-5-7-22/h3-7H,2,8-21H2,1H3. The third kappa shape index (κ3) is 18.3. The van der Waals surface area contributed by atoms with Gasteiger partial charge in [0.05, 0.1) is 104 Å². The van der Waals surface area contributed by atoms with Crippen LogP contribution in [0.3, 0.4) is 0 Å². The number of esters is 1. The Kier molecular flexibility index (Phi) is 19.4. The monoisotopic (exact) mass is 522 g/mol. The Morgan fingerprint density at radius 2 is 1.03 bits per heavy atom. The minimum atomic E-state index is -3.75. The van der Waals surface area contributed by atoms with Gasteiger partial charge in [0.1, 0.15) is 0 Å². The largest absolute Gasteiger partial charge is 0.466 e. The molecule has 0 aliphatic heterocycles. The van der Waals surface area contributed by atoms with Gasteiger partial charge < -0.3 is 33.2 Å². The molecular weight excluding hydrogens is 484 g/mol. The molecule has 0 aromatic heterocycles. The van der Waals surface area contributed by atoms with Crippen LogP contribution in [0.2, 0.25) is 0 Å². The number of carbonyl (C=O) groups is 1. The molecule has 0 N–H and O–H groups in total. The van der Waals surface area contributed by atoms with Crippen LogP contribution in [0.1, 0.15) is 13.3 Å². The summed E-state index contributed by atoms with van der Waals surface area (Å²) >= 11 is 0. The van der Waals surface area contributed by atoms with Gasteiger partial charge in [0.2, 0.25) is 0 Å². The zero-order chi connectivity index (χ0) is 25.5. The Bertz CT molecular complexity index is 728. The molecule has 0 aliphatic carbocycles. The molecule has 0 fully saturated rings. The van der Waals surface area contributed by atoms with Gasteiger partial charge in [-0.15, -0.1) is 0 Å². The Balaban J connectivity index is 1.75. The molecule has 35 heavy (non-hydrogen) atoms. The van der Waals surface area contributed by atoms with E-state index in [2.05, 4.69) is 0 Å². The average molecular weight is 523 g/mol. The molecule has 0 bridgehead atoms. The van der Waals surface area contributed by atoms with Gasteiger partial charge in [0.25, 0.3) is 10.1 Å². The first-order valence-corrected chi connectivity index (χ1v) is 13.0. The van der Waals surface area contributed by atoms with Gasteiger partial charge in [-0.25, -0.2) is 0 Å². The van der Waals surface area contributed by atoms with E-state index in [0.29, 0.717) is 79.3 Å². The topological polar surface area (TPSA) is 125 Å². The molecule has 0 unspecified atom stereocenters. The SMILES string of the molecule is CCOC(=O)CCOCCOCCOCCOCCOCCOCCOS(=O)(=O)c1ccccc1. The summed E-state index contributed by atoms with van der Waals surface area (Å²) in [6.45, 7) is 6.76. The first-order chi connectivity index (χ1) is 17.1. The van der Waals surface area contributed by atoms with E-state index in [4.69, 9.17) is 37.3 Å². The summed E-state index contributed by atoms with van der Waals surface area (Å²) in [5.74, 6) is -0.262. The van der Waals surface area contributed by atoms with Gasteiger partial charge in [-0.1, -0.05) is 18.2 Å². The van der Waals surface area contributed by atoms with Gasteiger partial charge in [0.15, 0.2) is 0 Å². The van der Waals surface area contributed by atoms with Crippen LogP contribution in [0.4, 0.5) is 0 Å². The van der Waals surface area contributed by atoms with E-state index in [1.165, 1.54) is 12.1 Å². The zero-order valence-corrected chi connectivity index (χ0v) is 21.2. The average Bonchev–Trinajstić information content (AvgIpc) is 2.85. The van der Waals surface area contributed by atoms with E-state index >= 15 is 0 Å². The summed E-state index contributed by atoms with van der Waals surface area (Å²) in [7, 11) is -3.75. The van der Waals surface area contributed by atoms with Gasteiger partial charge in [-0.05, 0) is 19.1 Å². The van der Waals surface area contributed by atoms with Gasteiger partial charge in [-0.2, -0.15) is 8.42 Å². The molecule has 0 saturated heterocycles. The molecule has 1 aromatic rings. The third-order valence-corrected chi connectivity index (χ3v) is 5.44. The fourth-order valence-electron chi connectivity index (χ4n) is 2.45. The van der Waals surface area contributed by atoms with Crippen LogP contribution < -0.4 is 0 Å². The Morgan fingerprint density at radius 1 is 0.629 bits per heavy atom. The highest BCUT2D eigenvalue weighted by atomic mass is 32.2. The molecule has 0 spiro atoms. The maximum Gasteiger partial charge on any atom is 0.308 e. The summed E-state index contributed by atoms with van der Waals surface area (Å²) in [4.78, 5) is 11.2. The molecule has 0 atom stereocenters. The fourth-order valence-corrected chi connectivity index (χ4v) is 3.36. The number of carbonyl (C=O) groups excluding carboxylic acids is 1. The van der Waals surface area contributed by atoms with E-state index in [1.54, 1.807) is 25.1 Å². The molecule has 1 rings (SSSR count). The molecule has 0 amide bonds. The predicted octanol–water partition coefficient (Wildman–Crippen LogP) is 1.44. The molecule has 11 nitrogen and oxygen atoms in total. The molecule has 202 valence electrons. The second-order valence-corrected chi connectivity index (χ2v) is 8.43. The minimum absolute atomic E-state index is 0.0592. The van der Waals surface area contributed by atoms with Crippen molar-refractivity contribution in [1.29, 1.82) is 0 Å². The van der Waals surface area contributed by atoms with Crippen molar-refractivity contribution < 1.29 is 50.6 Å². The van der Waals surface area contributed by atoms with Crippen molar-refractivity contribution in [2.24, 2.45) is 0 Å². The molecule has 0 saturated carbocycles. The van der Waals surface area contributed by atoms with Crippen molar-refractivity contribution in [3.05, 3.63) is 30.3 Å². The highest BCUT2D eigenvalue weighted by molar-refractivity contribution is 7.86. The van der Waals surface area contributed by atoms with E-state index in [0.717, 1.165) is 0 Å². The first-order valence-electron chi connectivity index (χ1n) is 11.6. The normalized spacial score (nSPS) is 11.6. The zero-order valence-electron chi connectivity index (χ0n) is 20.4. The van der Waals surface area contributed by atoms with Crippen molar-refractivity contribution in [3.8, 4) is 0 Å². The van der Waals surface area contributed by atoms with E-state index < -0.39 is 10.1 Å². The second-order valence-electron chi connectivity index (χ2n) is 6.82. The number of rotatable bonds is 24. The molecule has 0 radical (unpaired) electrons. The van der Waals surface area contributed by atoms with Crippen molar-refractivity contribution in [3.63, 3.8) is 0 Å². The molecule has 1 aromatic carbocycles. The van der Waals surface area contributed by atoms with Gasteiger partial charge in [-0.3, -0.25) is 8.98 Å². The maximum atomic E-state index is 11.9. The van der Waals surface area contributed by atoms with Crippen molar-refractivity contribution in [2.45, 2.75) is 18.2 Å². The highest BCUT2D eigenvalue weighted by Gasteiger charge is 2.13. The van der Waals surface area contributed by atoms with Gasteiger partial charge >= 0.3 is 5.97 Å². The lowest BCUT2D eigenvalue weighted by molar-refractivity contribution is -0.144. The number of hydrogen-bond acceptors (Lipinski definition) is 11. The van der Waals surface area contributed by atoms with Crippen LogP contribution in [-0.2, 0) is 52.3 Å². The molecular formula is C23H38O11S. The summed E-state index contributed by atoms with van der Waals surface area (Å²) < 4.78 is 65.6.